The van der Waals surface area contributed by atoms with Gasteiger partial charge in [-0.3, -0.25) is 4.79 Å². The van der Waals surface area contributed by atoms with Crippen LogP contribution in [0.3, 0.4) is 0 Å². The molecule has 1 aliphatic rings. The van der Waals surface area contributed by atoms with E-state index in [1.807, 2.05) is 42.5 Å². The smallest absolute Gasteiger partial charge is 0.224 e. The summed E-state index contributed by atoms with van der Waals surface area (Å²) in [6.45, 7) is 7.88. The molecule has 1 saturated heterocycles. The Labute approximate surface area is 193 Å². The molecule has 1 amide bonds. The van der Waals surface area contributed by atoms with Crippen molar-refractivity contribution in [2.24, 2.45) is 5.92 Å². The van der Waals surface area contributed by atoms with Crippen molar-refractivity contribution in [3.05, 3.63) is 65.7 Å². The van der Waals surface area contributed by atoms with Gasteiger partial charge < -0.3 is 20.7 Å². The Hall–Kier alpha value is -2.37. The van der Waals surface area contributed by atoms with E-state index in [-0.39, 0.29) is 11.9 Å². The van der Waals surface area contributed by atoms with Crippen molar-refractivity contribution in [3.63, 3.8) is 0 Å². The minimum absolute atomic E-state index is 0.0377. The number of benzene rings is 2. The molecule has 174 valence electrons. The second-order valence-corrected chi connectivity index (χ2v) is 9.01. The van der Waals surface area contributed by atoms with Gasteiger partial charge in [-0.15, -0.1) is 0 Å². The highest BCUT2D eigenvalue weighted by Crippen LogP contribution is 2.19. The first-order valence-electron chi connectivity index (χ1n) is 12.1. The van der Waals surface area contributed by atoms with Crippen molar-refractivity contribution in [3.8, 4) is 5.75 Å². The number of nitrogens with one attached hydrogen (secondary N) is 3. The Morgan fingerprint density at radius 2 is 1.94 bits per heavy atom. The van der Waals surface area contributed by atoms with Crippen LogP contribution in [0.1, 0.15) is 56.7 Å². The second-order valence-electron chi connectivity index (χ2n) is 9.01. The van der Waals surface area contributed by atoms with Crippen LogP contribution in [0.5, 0.6) is 5.75 Å². The van der Waals surface area contributed by atoms with Gasteiger partial charge >= 0.3 is 0 Å². The van der Waals surface area contributed by atoms with E-state index in [4.69, 9.17) is 4.74 Å². The second kappa shape index (κ2) is 13.2. The van der Waals surface area contributed by atoms with Gasteiger partial charge in [-0.25, -0.2) is 0 Å². The van der Waals surface area contributed by atoms with Crippen LogP contribution in [0.4, 0.5) is 0 Å². The van der Waals surface area contributed by atoms with E-state index in [0.29, 0.717) is 24.9 Å². The quantitative estimate of drug-likeness (QED) is 0.439. The van der Waals surface area contributed by atoms with Crippen molar-refractivity contribution in [1.82, 2.24) is 16.0 Å². The van der Waals surface area contributed by atoms with Crippen molar-refractivity contribution in [2.75, 3.05) is 26.2 Å². The molecule has 32 heavy (non-hydrogen) atoms. The zero-order valence-corrected chi connectivity index (χ0v) is 19.6. The molecule has 1 fully saturated rings. The first kappa shape index (κ1) is 24.3. The van der Waals surface area contributed by atoms with Gasteiger partial charge in [-0.05, 0) is 55.0 Å². The third-order valence-corrected chi connectivity index (χ3v) is 6.04. The predicted octanol–water partition coefficient (Wildman–Crippen LogP) is 4.24. The number of rotatable bonds is 13. The highest BCUT2D eigenvalue weighted by molar-refractivity contribution is 5.79. The van der Waals surface area contributed by atoms with Gasteiger partial charge in [-0.1, -0.05) is 62.7 Å². The topological polar surface area (TPSA) is 62.4 Å². The van der Waals surface area contributed by atoms with E-state index in [0.717, 1.165) is 36.6 Å². The first-order chi connectivity index (χ1) is 15.6. The number of hydrogen-bond acceptors (Lipinski definition) is 4. The highest BCUT2D eigenvalue weighted by atomic mass is 16.5. The first-order valence-corrected chi connectivity index (χ1v) is 12.1. The fourth-order valence-corrected chi connectivity index (χ4v) is 4.22. The number of carbonyl (C=O) groups is 1. The van der Waals surface area contributed by atoms with Gasteiger partial charge in [0.05, 0.1) is 19.1 Å². The third kappa shape index (κ3) is 8.29. The lowest BCUT2D eigenvalue weighted by molar-refractivity contribution is -0.121. The molecule has 3 N–H and O–H groups in total. The average Bonchev–Trinajstić information content (AvgIpc) is 3.32. The summed E-state index contributed by atoms with van der Waals surface area (Å²) < 4.78 is 5.95. The van der Waals surface area contributed by atoms with Crippen LogP contribution in [0.2, 0.25) is 0 Å². The van der Waals surface area contributed by atoms with Crippen molar-refractivity contribution in [2.45, 2.75) is 58.0 Å². The zero-order chi connectivity index (χ0) is 22.6. The molecule has 5 heteroatoms. The minimum atomic E-state index is -0.0827. The summed E-state index contributed by atoms with van der Waals surface area (Å²) in [6, 6.07) is 18.5. The minimum Gasteiger partial charge on any atom is -0.493 e. The monoisotopic (exact) mass is 437 g/mol. The summed E-state index contributed by atoms with van der Waals surface area (Å²) in [4.78, 5) is 12.7. The fraction of sp³-hybridized carbons (Fsp3) is 0.519. The van der Waals surface area contributed by atoms with E-state index in [9.17, 15) is 4.79 Å². The van der Waals surface area contributed by atoms with E-state index in [1.165, 1.54) is 25.7 Å². The lowest BCUT2D eigenvalue weighted by atomic mass is 10.0. The maximum Gasteiger partial charge on any atom is 0.224 e. The normalized spacial score (nSPS) is 17.6. The van der Waals surface area contributed by atoms with Crippen LogP contribution in [0.25, 0.3) is 0 Å². The molecular formula is C27H39N3O2. The Kier molecular flexibility index (Phi) is 10.0. The molecular weight excluding hydrogens is 398 g/mol. The van der Waals surface area contributed by atoms with Crippen LogP contribution >= 0.6 is 0 Å². The SMILES string of the molecule is CCCC(C)COc1ccc([C@H](CNC[C@H]2CCCN2)NC(=O)Cc2ccccc2)cc1. The molecule has 1 aliphatic heterocycles. The summed E-state index contributed by atoms with van der Waals surface area (Å²) >= 11 is 0. The largest absolute Gasteiger partial charge is 0.493 e. The van der Waals surface area contributed by atoms with Crippen LogP contribution in [-0.4, -0.2) is 38.2 Å². The summed E-state index contributed by atoms with van der Waals surface area (Å²) in [5.41, 5.74) is 2.11. The van der Waals surface area contributed by atoms with E-state index in [1.54, 1.807) is 0 Å². The predicted molar refractivity (Wildman–Crippen MR) is 131 cm³/mol. The Morgan fingerprint density at radius 1 is 1.16 bits per heavy atom. The molecule has 0 aromatic heterocycles. The summed E-state index contributed by atoms with van der Waals surface area (Å²) in [5, 5.41) is 10.3. The lowest BCUT2D eigenvalue weighted by Crippen LogP contribution is -2.40. The van der Waals surface area contributed by atoms with Gasteiger partial charge in [0.1, 0.15) is 5.75 Å². The van der Waals surface area contributed by atoms with Gasteiger partial charge in [0.15, 0.2) is 0 Å². The fourth-order valence-electron chi connectivity index (χ4n) is 4.22. The van der Waals surface area contributed by atoms with Crippen LogP contribution in [0.15, 0.2) is 54.6 Å². The van der Waals surface area contributed by atoms with Crippen molar-refractivity contribution < 1.29 is 9.53 Å². The van der Waals surface area contributed by atoms with E-state index in [2.05, 4.69) is 41.9 Å². The molecule has 5 nitrogen and oxygen atoms in total. The molecule has 0 radical (unpaired) electrons. The van der Waals surface area contributed by atoms with Gasteiger partial charge in [-0.2, -0.15) is 0 Å². The standard InChI is InChI=1S/C27H39N3O2/c1-3-8-21(2)20-32-25-14-12-23(13-15-25)26(19-28-18-24-11-7-16-29-24)30-27(31)17-22-9-5-4-6-10-22/h4-6,9-10,12-15,21,24,26,28-29H,3,7-8,11,16-20H2,1-2H3,(H,30,31)/t21?,24-,26+/m1/s1. The van der Waals surface area contributed by atoms with Crippen molar-refractivity contribution >= 4 is 5.91 Å². The molecule has 2 aromatic carbocycles. The molecule has 3 atom stereocenters. The Balaban J connectivity index is 1.59. The molecule has 0 aliphatic carbocycles. The zero-order valence-electron chi connectivity index (χ0n) is 19.6. The van der Waals surface area contributed by atoms with Crippen LogP contribution in [0, 0.1) is 5.92 Å². The molecule has 0 spiro atoms. The van der Waals surface area contributed by atoms with Gasteiger partial charge in [0, 0.05) is 19.1 Å². The molecule has 0 bridgehead atoms. The van der Waals surface area contributed by atoms with E-state index >= 15 is 0 Å². The molecule has 3 rings (SSSR count). The summed E-state index contributed by atoms with van der Waals surface area (Å²) in [5.74, 6) is 1.47. The lowest BCUT2D eigenvalue weighted by Gasteiger charge is -2.22. The Bertz CT molecular complexity index is 788. The summed E-state index contributed by atoms with van der Waals surface area (Å²) in [7, 11) is 0. The maximum absolute atomic E-state index is 12.7. The number of ether oxygens (including phenoxy) is 1. The van der Waals surface area contributed by atoms with Crippen LogP contribution < -0.4 is 20.7 Å². The van der Waals surface area contributed by atoms with Gasteiger partial charge in [0.25, 0.3) is 0 Å². The number of hydrogen-bond donors (Lipinski definition) is 3. The molecule has 1 heterocycles. The number of amides is 1. The van der Waals surface area contributed by atoms with Crippen LogP contribution in [-0.2, 0) is 11.2 Å². The maximum atomic E-state index is 12.7. The Morgan fingerprint density at radius 3 is 2.62 bits per heavy atom. The highest BCUT2D eigenvalue weighted by Gasteiger charge is 2.18. The average molecular weight is 438 g/mol. The van der Waals surface area contributed by atoms with Gasteiger partial charge in [0.2, 0.25) is 5.91 Å². The van der Waals surface area contributed by atoms with E-state index < -0.39 is 0 Å². The molecule has 0 saturated carbocycles. The molecule has 1 unspecified atom stereocenters. The number of carbonyl (C=O) groups excluding carboxylic acids is 1. The summed E-state index contributed by atoms with van der Waals surface area (Å²) in [6.07, 6.45) is 5.19. The van der Waals surface area contributed by atoms with Crippen molar-refractivity contribution in [1.29, 1.82) is 0 Å². The third-order valence-electron chi connectivity index (χ3n) is 6.04. The molecule has 2 aromatic rings.